The summed E-state index contributed by atoms with van der Waals surface area (Å²) in [5.74, 6) is 0.861. The van der Waals surface area contributed by atoms with E-state index in [4.69, 9.17) is 5.73 Å². The van der Waals surface area contributed by atoms with Crippen molar-refractivity contribution in [3.63, 3.8) is 0 Å². The number of benzene rings is 1. The van der Waals surface area contributed by atoms with Crippen LogP contribution in [0.3, 0.4) is 0 Å². The first-order valence-electron chi connectivity index (χ1n) is 6.88. The number of nitrogen functional groups attached to an aromatic ring is 1. The lowest BCUT2D eigenvalue weighted by Gasteiger charge is -2.26. The van der Waals surface area contributed by atoms with Gasteiger partial charge < -0.3 is 11.1 Å². The van der Waals surface area contributed by atoms with Crippen LogP contribution in [0.4, 0.5) is 5.69 Å². The molecule has 0 heterocycles. The van der Waals surface area contributed by atoms with E-state index in [0.29, 0.717) is 5.41 Å². The zero-order valence-corrected chi connectivity index (χ0v) is 12.1. The summed E-state index contributed by atoms with van der Waals surface area (Å²) in [4.78, 5) is 0. The second-order valence-corrected chi connectivity index (χ2v) is 7.03. The Labute approximate surface area is 111 Å². The molecule has 1 aliphatic rings. The number of anilines is 1. The maximum atomic E-state index is 5.73. The molecule has 0 radical (unpaired) electrons. The van der Waals surface area contributed by atoms with Gasteiger partial charge in [-0.25, -0.2) is 0 Å². The molecule has 2 heteroatoms. The molecule has 1 fully saturated rings. The highest BCUT2D eigenvalue weighted by molar-refractivity contribution is 5.41. The Kier molecular flexibility index (Phi) is 3.41. The van der Waals surface area contributed by atoms with E-state index in [9.17, 15) is 0 Å². The predicted octanol–water partition coefficient (Wildman–Crippen LogP) is 3.18. The van der Waals surface area contributed by atoms with Gasteiger partial charge in [-0.3, -0.25) is 0 Å². The molecule has 1 aromatic carbocycles. The van der Waals surface area contributed by atoms with Crippen LogP contribution in [0, 0.1) is 11.3 Å². The van der Waals surface area contributed by atoms with Gasteiger partial charge in [-0.2, -0.15) is 0 Å². The van der Waals surface area contributed by atoms with E-state index < -0.39 is 0 Å². The molecule has 1 unspecified atom stereocenters. The minimum atomic E-state index is 0.159. The summed E-state index contributed by atoms with van der Waals surface area (Å²) in [6.45, 7) is 11.4. The molecule has 0 aliphatic heterocycles. The molecule has 0 amide bonds. The topological polar surface area (TPSA) is 38.0 Å². The highest BCUT2D eigenvalue weighted by Crippen LogP contribution is 2.51. The first-order chi connectivity index (χ1) is 8.31. The van der Waals surface area contributed by atoms with Gasteiger partial charge in [0, 0.05) is 17.6 Å². The average molecular weight is 246 g/mol. The van der Waals surface area contributed by atoms with Crippen molar-refractivity contribution >= 4 is 5.69 Å². The molecular formula is C16H26N2. The minimum absolute atomic E-state index is 0.159. The van der Waals surface area contributed by atoms with Crippen molar-refractivity contribution < 1.29 is 0 Å². The van der Waals surface area contributed by atoms with Gasteiger partial charge in [0.05, 0.1) is 0 Å². The zero-order chi connectivity index (χ0) is 13.4. The number of nitrogens with one attached hydrogen (secondary N) is 1. The maximum Gasteiger partial charge on any atom is 0.0314 e. The van der Waals surface area contributed by atoms with E-state index >= 15 is 0 Å². The van der Waals surface area contributed by atoms with Crippen LogP contribution in [-0.4, -0.2) is 13.1 Å². The summed E-state index contributed by atoms with van der Waals surface area (Å²) in [6.07, 6.45) is 1.36. The largest absolute Gasteiger partial charge is 0.399 e. The molecule has 1 saturated carbocycles. The highest BCUT2D eigenvalue weighted by atomic mass is 14.9. The van der Waals surface area contributed by atoms with Crippen LogP contribution < -0.4 is 11.1 Å². The van der Waals surface area contributed by atoms with Crippen molar-refractivity contribution in [1.29, 1.82) is 0 Å². The fourth-order valence-electron chi connectivity index (χ4n) is 2.52. The van der Waals surface area contributed by atoms with Gasteiger partial charge in [-0.05, 0) is 42.0 Å². The number of nitrogens with two attached hydrogens (primary N) is 1. The molecule has 0 bridgehead atoms. The molecule has 3 N–H and O–H groups in total. The summed E-state index contributed by atoms with van der Waals surface area (Å²) in [5, 5.41) is 3.63. The molecule has 18 heavy (non-hydrogen) atoms. The van der Waals surface area contributed by atoms with E-state index in [1.54, 1.807) is 0 Å². The van der Waals surface area contributed by atoms with Gasteiger partial charge in [0.1, 0.15) is 0 Å². The van der Waals surface area contributed by atoms with E-state index in [0.717, 1.165) is 24.7 Å². The number of hydrogen-bond donors (Lipinski definition) is 2. The van der Waals surface area contributed by atoms with E-state index in [2.05, 4.69) is 45.1 Å². The maximum absolute atomic E-state index is 5.73. The third-order valence-electron chi connectivity index (χ3n) is 4.37. The summed E-state index contributed by atoms with van der Waals surface area (Å²) in [6, 6.07) is 8.25. The van der Waals surface area contributed by atoms with Crippen molar-refractivity contribution in [3.05, 3.63) is 29.8 Å². The summed E-state index contributed by atoms with van der Waals surface area (Å²) >= 11 is 0. The molecule has 0 aromatic heterocycles. The van der Waals surface area contributed by atoms with Crippen molar-refractivity contribution in [3.8, 4) is 0 Å². The van der Waals surface area contributed by atoms with Gasteiger partial charge >= 0.3 is 0 Å². The second kappa shape index (κ2) is 4.58. The van der Waals surface area contributed by atoms with Crippen molar-refractivity contribution in [2.75, 3.05) is 18.8 Å². The molecule has 100 valence electrons. The molecule has 2 nitrogen and oxygen atoms in total. The van der Waals surface area contributed by atoms with Crippen molar-refractivity contribution in [2.24, 2.45) is 11.3 Å². The van der Waals surface area contributed by atoms with Crippen LogP contribution in [-0.2, 0) is 5.41 Å². The fraction of sp³-hybridized carbons (Fsp3) is 0.625. The Morgan fingerprint density at radius 2 is 1.83 bits per heavy atom. The van der Waals surface area contributed by atoms with Crippen LogP contribution in [0.25, 0.3) is 0 Å². The van der Waals surface area contributed by atoms with Crippen LogP contribution in [0.5, 0.6) is 0 Å². The van der Waals surface area contributed by atoms with Gasteiger partial charge in [0.15, 0.2) is 0 Å². The number of hydrogen-bond acceptors (Lipinski definition) is 2. The van der Waals surface area contributed by atoms with Crippen LogP contribution in [0.2, 0.25) is 0 Å². The normalized spacial score (nSPS) is 21.9. The Morgan fingerprint density at radius 3 is 2.33 bits per heavy atom. The zero-order valence-electron chi connectivity index (χ0n) is 12.1. The molecule has 0 saturated heterocycles. The lowest BCUT2D eigenvalue weighted by molar-refractivity contribution is 0.442. The van der Waals surface area contributed by atoms with Crippen LogP contribution in [0.15, 0.2) is 24.3 Å². The van der Waals surface area contributed by atoms with E-state index in [1.165, 1.54) is 12.0 Å². The molecule has 1 aromatic rings. The van der Waals surface area contributed by atoms with E-state index in [-0.39, 0.29) is 5.41 Å². The van der Waals surface area contributed by atoms with Crippen molar-refractivity contribution in [2.45, 2.75) is 39.5 Å². The molecule has 2 rings (SSSR count). The van der Waals surface area contributed by atoms with Gasteiger partial charge in [0.2, 0.25) is 0 Å². The Bertz CT molecular complexity index is 404. The third-order valence-corrected chi connectivity index (χ3v) is 4.37. The van der Waals surface area contributed by atoms with E-state index in [1.807, 2.05) is 12.1 Å². The van der Waals surface area contributed by atoms with Crippen LogP contribution in [0.1, 0.15) is 39.7 Å². The number of rotatable bonds is 5. The average Bonchev–Trinajstić information content (AvgIpc) is 2.87. The summed E-state index contributed by atoms with van der Waals surface area (Å²) in [7, 11) is 0. The summed E-state index contributed by atoms with van der Waals surface area (Å²) in [5.41, 5.74) is 8.64. The van der Waals surface area contributed by atoms with Crippen LogP contribution >= 0.6 is 0 Å². The molecule has 0 spiro atoms. The Balaban J connectivity index is 1.85. The van der Waals surface area contributed by atoms with Crippen molar-refractivity contribution in [1.82, 2.24) is 5.32 Å². The first-order valence-corrected chi connectivity index (χ1v) is 6.88. The van der Waals surface area contributed by atoms with Gasteiger partial charge in [-0.1, -0.05) is 39.8 Å². The first kappa shape index (κ1) is 13.4. The Hall–Kier alpha value is -1.02. The third kappa shape index (κ3) is 3.05. The monoisotopic (exact) mass is 246 g/mol. The Morgan fingerprint density at radius 1 is 1.28 bits per heavy atom. The lowest BCUT2D eigenvalue weighted by Crippen LogP contribution is -2.34. The molecule has 1 atom stereocenters. The fourth-order valence-corrected chi connectivity index (χ4v) is 2.52. The predicted molar refractivity (Wildman–Crippen MR) is 78.6 cm³/mol. The lowest BCUT2D eigenvalue weighted by atomic mass is 9.84. The molecular weight excluding hydrogens is 220 g/mol. The second-order valence-electron chi connectivity index (χ2n) is 7.03. The smallest absolute Gasteiger partial charge is 0.0314 e. The quantitative estimate of drug-likeness (QED) is 0.783. The van der Waals surface area contributed by atoms with Gasteiger partial charge in [-0.15, -0.1) is 0 Å². The minimum Gasteiger partial charge on any atom is -0.399 e. The SMILES string of the molecule is CC(C)(CNCC1CC1(C)C)c1ccc(N)cc1. The molecule has 1 aliphatic carbocycles. The standard InChI is InChI=1S/C16H26N2/c1-15(2)9-13(15)10-18-11-16(3,4)12-5-7-14(17)8-6-12/h5-8,13,18H,9-11,17H2,1-4H3. The van der Waals surface area contributed by atoms with Gasteiger partial charge in [0.25, 0.3) is 0 Å². The highest BCUT2D eigenvalue weighted by Gasteiger charge is 2.44. The summed E-state index contributed by atoms with van der Waals surface area (Å²) < 4.78 is 0.